The average molecular weight is 280 g/mol. The number of aryl methyl sites for hydroxylation is 1. The summed E-state index contributed by atoms with van der Waals surface area (Å²) in [6.45, 7) is 1.64. The second kappa shape index (κ2) is 5.16. The highest BCUT2D eigenvalue weighted by Crippen LogP contribution is 2.22. The molecule has 0 saturated heterocycles. The Hall–Kier alpha value is -2.27. The van der Waals surface area contributed by atoms with Crippen molar-refractivity contribution in [2.45, 2.75) is 6.92 Å². The zero-order valence-electron chi connectivity index (χ0n) is 9.94. The predicted octanol–water partition coefficient (Wildman–Crippen LogP) is 3.19. The number of carbonyl (C=O) groups is 2. The van der Waals surface area contributed by atoms with Gasteiger partial charge in [0.05, 0.1) is 23.1 Å². The van der Waals surface area contributed by atoms with Crippen LogP contribution < -0.4 is 5.32 Å². The number of carboxylic acid groups (broad SMARTS) is 1. The van der Waals surface area contributed by atoms with Crippen LogP contribution in [0.25, 0.3) is 0 Å². The lowest BCUT2D eigenvalue weighted by atomic mass is 10.1. The zero-order valence-corrected chi connectivity index (χ0v) is 10.7. The standard InChI is InChI=1S/C13H10ClNO4/c1-7-9(4-5-19-7)12(16)15-11-6-8(14)2-3-10(11)13(17)18/h2-6H,1H3,(H,15,16)(H,17,18). The minimum Gasteiger partial charge on any atom is -0.478 e. The average Bonchev–Trinajstić information content (AvgIpc) is 2.75. The Morgan fingerprint density at radius 2 is 2.00 bits per heavy atom. The third kappa shape index (κ3) is 2.77. The van der Waals surface area contributed by atoms with E-state index in [1.165, 1.54) is 30.5 Å². The number of halogens is 1. The van der Waals surface area contributed by atoms with E-state index in [0.717, 1.165) is 0 Å². The Morgan fingerprint density at radius 1 is 1.26 bits per heavy atom. The second-order valence-corrected chi connectivity index (χ2v) is 4.28. The van der Waals surface area contributed by atoms with Crippen LogP contribution in [-0.2, 0) is 0 Å². The predicted molar refractivity (Wildman–Crippen MR) is 69.8 cm³/mol. The van der Waals surface area contributed by atoms with Gasteiger partial charge in [-0.05, 0) is 31.2 Å². The number of aromatic carboxylic acids is 1. The zero-order chi connectivity index (χ0) is 14.0. The molecule has 0 fully saturated rings. The Balaban J connectivity index is 2.33. The molecule has 0 unspecified atom stereocenters. The molecule has 0 bridgehead atoms. The minimum absolute atomic E-state index is 0.0288. The van der Waals surface area contributed by atoms with Crippen LogP contribution >= 0.6 is 11.6 Å². The van der Waals surface area contributed by atoms with Crippen LogP contribution in [0.2, 0.25) is 5.02 Å². The van der Waals surface area contributed by atoms with Crippen LogP contribution in [0.4, 0.5) is 5.69 Å². The number of nitrogens with one attached hydrogen (secondary N) is 1. The fourth-order valence-electron chi connectivity index (χ4n) is 1.62. The Labute approximate surface area is 113 Å². The molecule has 98 valence electrons. The molecular formula is C13H10ClNO4. The number of furan rings is 1. The van der Waals surface area contributed by atoms with Crippen molar-refractivity contribution in [1.82, 2.24) is 0 Å². The monoisotopic (exact) mass is 279 g/mol. The first kappa shape index (κ1) is 13.2. The van der Waals surface area contributed by atoms with Gasteiger partial charge < -0.3 is 14.8 Å². The molecule has 19 heavy (non-hydrogen) atoms. The van der Waals surface area contributed by atoms with Gasteiger partial charge in [-0.15, -0.1) is 0 Å². The van der Waals surface area contributed by atoms with Crippen molar-refractivity contribution in [3.8, 4) is 0 Å². The smallest absolute Gasteiger partial charge is 0.337 e. The topological polar surface area (TPSA) is 79.5 Å². The van der Waals surface area contributed by atoms with Gasteiger partial charge in [-0.1, -0.05) is 11.6 Å². The third-order valence-corrected chi connectivity index (χ3v) is 2.80. The summed E-state index contributed by atoms with van der Waals surface area (Å²) in [5.41, 5.74) is 0.459. The SMILES string of the molecule is Cc1occc1C(=O)Nc1cc(Cl)ccc1C(=O)O. The molecule has 0 saturated carbocycles. The van der Waals surface area contributed by atoms with E-state index >= 15 is 0 Å². The minimum atomic E-state index is -1.14. The van der Waals surface area contributed by atoms with E-state index in [-0.39, 0.29) is 11.3 Å². The van der Waals surface area contributed by atoms with Gasteiger partial charge in [0.1, 0.15) is 5.76 Å². The largest absolute Gasteiger partial charge is 0.478 e. The maximum atomic E-state index is 12.0. The van der Waals surface area contributed by atoms with Crippen molar-refractivity contribution >= 4 is 29.2 Å². The Bertz CT molecular complexity index is 648. The van der Waals surface area contributed by atoms with Crippen molar-refractivity contribution in [2.75, 3.05) is 5.32 Å². The van der Waals surface area contributed by atoms with Gasteiger partial charge in [-0.3, -0.25) is 4.79 Å². The van der Waals surface area contributed by atoms with Crippen molar-refractivity contribution in [3.63, 3.8) is 0 Å². The highest BCUT2D eigenvalue weighted by molar-refractivity contribution is 6.31. The lowest BCUT2D eigenvalue weighted by Gasteiger charge is -2.08. The number of amides is 1. The first-order valence-corrected chi connectivity index (χ1v) is 5.75. The fourth-order valence-corrected chi connectivity index (χ4v) is 1.79. The van der Waals surface area contributed by atoms with Crippen LogP contribution in [0.5, 0.6) is 0 Å². The fraction of sp³-hybridized carbons (Fsp3) is 0.0769. The van der Waals surface area contributed by atoms with E-state index in [0.29, 0.717) is 16.3 Å². The number of hydrogen-bond acceptors (Lipinski definition) is 3. The van der Waals surface area contributed by atoms with Crippen molar-refractivity contribution in [3.05, 3.63) is 52.4 Å². The summed E-state index contributed by atoms with van der Waals surface area (Å²) >= 11 is 5.80. The molecule has 1 aromatic carbocycles. The van der Waals surface area contributed by atoms with Gasteiger partial charge in [0.2, 0.25) is 0 Å². The van der Waals surface area contributed by atoms with E-state index in [9.17, 15) is 9.59 Å². The number of rotatable bonds is 3. The van der Waals surface area contributed by atoms with Gasteiger partial charge in [0.15, 0.2) is 0 Å². The van der Waals surface area contributed by atoms with Crippen LogP contribution in [0, 0.1) is 6.92 Å². The summed E-state index contributed by atoms with van der Waals surface area (Å²) in [5, 5.41) is 11.9. The number of carboxylic acids is 1. The van der Waals surface area contributed by atoms with Crippen LogP contribution in [0.1, 0.15) is 26.5 Å². The molecule has 0 atom stereocenters. The van der Waals surface area contributed by atoms with Crippen LogP contribution in [0.15, 0.2) is 34.9 Å². The van der Waals surface area contributed by atoms with E-state index < -0.39 is 11.9 Å². The van der Waals surface area contributed by atoms with E-state index in [1.54, 1.807) is 6.92 Å². The number of anilines is 1. The van der Waals surface area contributed by atoms with Gasteiger partial charge in [0.25, 0.3) is 5.91 Å². The summed E-state index contributed by atoms with van der Waals surface area (Å²) in [5.74, 6) is -1.14. The van der Waals surface area contributed by atoms with Gasteiger partial charge in [0, 0.05) is 5.02 Å². The van der Waals surface area contributed by atoms with E-state index in [4.69, 9.17) is 21.1 Å². The maximum Gasteiger partial charge on any atom is 0.337 e. The summed E-state index contributed by atoms with van der Waals surface area (Å²) < 4.78 is 5.02. The van der Waals surface area contributed by atoms with E-state index in [2.05, 4.69) is 5.32 Å². The molecular weight excluding hydrogens is 270 g/mol. The molecule has 1 aromatic heterocycles. The lowest BCUT2D eigenvalue weighted by Crippen LogP contribution is -2.15. The number of benzene rings is 1. The molecule has 0 radical (unpaired) electrons. The molecule has 2 rings (SSSR count). The summed E-state index contributed by atoms with van der Waals surface area (Å²) in [6.07, 6.45) is 1.39. The Kier molecular flexibility index (Phi) is 3.57. The maximum absolute atomic E-state index is 12.0. The van der Waals surface area contributed by atoms with Crippen LogP contribution in [0.3, 0.4) is 0 Å². The first-order chi connectivity index (χ1) is 8.99. The molecule has 0 aliphatic carbocycles. The van der Waals surface area contributed by atoms with Crippen molar-refractivity contribution in [2.24, 2.45) is 0 Å². The summed E-state index contributed by atoms with van der Waals surface area (Å²) in [6, 6.07) is 5.68. The normalized spacial score (nSPS) is 10.2. The van der Waals surface area contributed by atoms with Crippen LogP contribution in [-0.4, -0.2) is 17.0 Å². The lowest BCUT2D eigenvalue weighted by molar-refractivity contribution is 0.0698. The molecule has 5 nitrogen and oxygen atoms in total. The second-order valence-electron chi connectivity index (χ2n) is 3.84. The molecule has 0 spiro atoms. The molecule has 2 aromatic rings. The summed E-state index contributed by atoms with van der Waals surface area (Å²) in [7, 11) is 0. The third-order valence-electron chi connectivity index (χ3n) is 2.56. The molecule has 1 amide bonds. The van der Waals surface area contributed by atoms with Gasteiger partial charge in [-0.25, -0.2) is 4.79 Å². The molecule has 1 heterocycles. The van der Waals surface area contributed by atoms with Crippen molar-refractivity contribution in [1.29, 1.82) is 0 Å². The van der Waals surface area contributed by atoms with E-state index in [1.807, 2.05) is 0 Å². The Morgan fingerprint density at radius 3 is 2.58 bits per heavy atom. The highest BCUT2D eigenvalue weighted by atomic mass is 35.5. The molecule has 0 aliphatic rings. The molecule has 6 heteroatoms. The number of hydrogen-bond donors (Lipinski definition) is 2. The molecule has 2 N–H and O–H groups in total. The van der Waals surface area contributed by atoms with Gasteiger partial charge >= 0.3 is 5.97 Å². The quantitative estimate of drug-likeness (QED) is 0.904. The highest BCUT2D eigenvalue weighted by Gasteiger charge is 2.16. The van der Waals surface area contributed by atoms with Gasteiger partial charge in [-0.2, -0.15) is 0 Å². The first-order valence-electron chi connectivity index (χ1n) is 5.37. The number of carbonyl (C=O) groups excluding carboxylic acids is 1. The summed E-state index contributed by atoms with van der Waals surface area (Å²) in [4.78, 5) is 23.0. The van der Waals surface area contributed by atoms with Crippen molar-refractivity contribution < 1.29 is 19.1 Å². The molecule has 0 aliphatic heterocycles.